The van der Waals surface area contributed by atoms with Crippen molar-refractivity contribution >= 4 is 44.8 Å². The lowest BCUT2D eigenvalue weighted by molar-refractivity contribution is 0.0990. The lowest BCUT2D eigenvalue weighted by atomic mass is 10.1. The van der Waals surface area contributed by atoms with Gasteiger partial charge in [-0.1, -0.05) is 23.7 Å². The van der Waals surface area contributed by atoms with Gasteiger partial charge in [0.1, 0.15) is 10.6 Å². The third kappa shape index (κ3) is 4.58. The van der Waals surface area contributed by atoms with Crippen LogP contribution in [0.3, 0.4) is 0 Å². The molecule has 1 heterocycles. The van der Waals surface area contributed by atoms with Crippen LogP contribution >= 0.6 is 11.6 Å². The van der Waals surface area contributed by atoms with E-state index >= 15 is 0 Å². The van der Waals surface area contributed by atoms with Gasteiger partial charge in [0.15, 0.2) is 0 Å². The number of hydrogen-bond acceptors (Lipinski definition) is 4. The standard InChI is InChI=1S/C19H17ClN4O4S/c1-24-11-14(10-17(24)18(21)25)29(27,28)23-16-5-3-2-4-15(16)19(26)22-13-8-6-12(20)7-9-13/h2-11,23H,1H3,(H2,21,25)(H,22,26). The molecule has 0 unspecified atom stereocenters. The first-order valence-electron chi connectivity index (χ1n) is 8.32. The zero-order valence-electron chi connectivity index (χ0n) is 15.2. The maximum atomic E-state index is 12.7. The predicted octanol–water partition coefficient (Wildman–Crippen LogP) is 2.83. The van der Waals surface area contributed by atoms with E-state index in [9.17, 15) is 18.0 Å². The number of aromatic nitrogens is 1. The molecule has 3 aromatic rings. The molecule has 1 aromatic heterocycles. The van der Waals surface area contributed by atoms with E-state index in [4.69, 9.17) is 17.3 Å². The zero-order chi connectivity index (χ0) is 21.2. The number of amides is 2. The Kier molecular flexibility index (Phi) is 5.62. The minimum atomic E-state index is -4.06. The minimum absolute atomic E-state index is 0.0409. The fourth-order valence-electron chi connectivity index (χ4n) is 2.63. The van der Waals surface area contributed by atoms with Crippen LogP contribution in [0, 0.1) is 0 Å². The number of nitrogens with one attached hydrogen (secondary N) is 2. The van der Waals surface area contributed by atoms with E-state index in [1.54, 1.807) is 36.4 Å². The molecule has 0 bridgehead atoms. The van der Waals surface area contributed by atoms with Gasteiger partial charge in [0.05, 0.1) is 11.3 Å². The quantitative estimate of drug-likeness (QED) is 0.554. The van der Waals surface area contributed by atoms with Gasteiger partial charge in [0.2, 0.25) is 0 Å². The normalized spacial score (nSPS) is 11.1. The van der Waals surface area contributed by atoms with Crippen molar-refractivity contribution in [2.45, 2.75) is 4.90 Å². The molecule has 8 nitrogen and oxygen atoms in total. The van der Waals surface area contributed by atoms with Crippen LogP contribution < -0.4 is 15.8 Å². The molecule has 3 rings (SSSR count). The van der Waals surface area contributed by atoms with E-state index in [2.05, 4.69) is 10.0 Å². The highest BCUT2D eigenvalue weighted by molar-refractivity contribution is 7.92. The number of halogens is 1. The molecule has 2 amide bonds. The van der Waals surface area contributed by atoms with Crippen molar-refractivity contribution < 1.29 is 18.0 Å². The van der Waals surface area contributed by atoms with Gasteiger partial charge in [0, 0.05) is 24.0 Å². The highest BCUT2D eigenvalue weighted by Gasteiger charge is 2.22. The number of primary amides is 1. The Hall–Kier alpha value is -3.30. The summed E-state index contributed by atoms with van der Waals surface area (Å²) in [5, 5.41) is 3.20. The largest absolute Gasteiger partial charge is 0.364 e. The molecule has 4 N–H and O–H groups in total. The van der Waals surface area contributed by atoms with Crippen LogP contribution in [0.2, 0.25) is 5.02 Å². The molecule has 0 saturated heterocycles. The van der Waals surface area contributed by atoms with Crippen molar-refractivity contribution in [1.29, 1.82) is 0 Å². The first-order valence-corrected chi connectivity index (χ1v) is 10.2. The van der Waals surface area contributed by atoms with E-state index in [0.717, 1.165) is 0 Å². The molecule has 0 spiro atoms. The molecular formula is C19H17ClN4O4S. The average molecular weight is 433 g/mol. The summed E-state index contributed by atoms with van der Waals surface area (Å²) in [5.74, 6) is -1.26. The van der Waals surface area contributed by atoms with Gasteiger partial charge < -0.3 is 15.6 Å². The fourth-order valence-corrected chi connectivity index (χ4v) is 3.91. The van der Waals surface area contributed by atoms with Crippen LogP contribution in [0.4, 0.5) is 11.4 Å². The number of benzene rings is 2. The van der Waals surface area contributed by atoms with Crippen LogP contribution in [0.1, 0.15) is 20.8 Å². The Balaban J connectivity index is 1.88. The van der Waals surface area contributed by atoms with Crippen LogP contribution in [0.5, 0.6) is 0 Å². The lowest BCUT2D eigenvalue weighted by Crippen LogP contribution is -2.18. The summed E-state index contributed by atoms with van der Waals surface area (Å²) >= 11 is 5.83. The number of para-hydroxylation sites is 1. The number of hydrogen-bond donors (Lipinski definition) is 3. The Morgan fingerprint density at radius 3 is 2.34 bits per heavy atom. The van der Waals surface area contributed by atoms with E-state index in [-0.39, 0.29) is 21.8 Å². The number of nitrogens with zero attached hydrogens (tertiary/aromatic N) is 1. The van der Waals surface area contributed by atoms with Gasteiger partial charge in [-0.3, -0.25) is 14.3 Å². The maximum Gasteiger partial charge on any atom is 0.265 e. The van der Waals surface area contributed by atoms with E-state index in [1.807, 2.05) is 0 Å². The van der Waals surface area contributed by atoms with Crippen LogP contribution in [0.15, 0.2) is 65.7 Å². The minimum Gasteiger partial charge on any atom is -0.364 e. The van der Waals surface area contributed by atoms with Gasteiger partial charge in [-0.2, -0.15) is 0 Å². The van der Waals surface area contributed by atoms with Crippen molar-refractivity contribution in [2.75, 3.05) is 10.0 Å². The topological polar surface area (TPSA) is 123 Å². The predicted molar refractivity (Wildman–Crippen MR) is 111 cm³/mol. The average Bonchev–Trinajstić information content (AvgIpc) is 3.07. The van der Waals surface area contributed by atoms with Gasteiger partial charge in [0.25, 0.3) is 21.8 Å². The molecule has 2 aromatic carbocycles. The molecule has 0 radical (unpaired) electrons. The van der Waals surface area contributed by atoms with Crippen molar-refractivity contribution in [2.24, 2.45) is 12.8 Å². The van der Waals surface area contributed by atoms with Crippen LogP contribution in [0.25, 0.3) is 0 Å². The Labute approximate surface area is 172 Å². The summed E-state index contributed by atoms with van der Waals surface area (Å²) in [7, 11) is -2.55. The smallest absolute Gasteiger partial charge is 0.265 e. The molecular weight excluding hydrogens is 416 g/mol. The molecule has 10 heteroatoms. The lowest BCUT2D eigenvalue weighted by Gasteiger charge is -2.12. The zero-order valence-corrected chi connectivity index (χ0v) is 16.8. The summed E-state index contributed by atoms with van der Waals surface area (Å²) in [6.07, 6.45) is 1.26. The Morgan fingerprint density at radius 1 is 1.07 bits per heavy atom. The molecule has 0 aliphatic heterocycles. The van der Waals surface area contributed by atoms with Crippen molar-refractivity contribution in [3.63, 3.8) is 0 Å². The van der Waals surface area contributed by atoms with Crippen LogP contribution in [-0.2, 0) is 17.1 Å². The molecule has 0 aliphatic rings. The summed E-state index contributed by atoms with van der Waals surface area (Å²) in [4.78, 5) is 23.9. The van der Waals surface area contributed by atoms with Crippen molar-refractivity contribution in [3.05, 3.63) is 77.1 Å². The van der Waals surface area contributed by atoms with Crippen LogP contribution in [-0.4, -0.2) is 24.8 Å². The summed E-state index contributed by atoms with van der Waals surface area (Å²) < 4.78 is 29.2. The van der Waals surface area contributed by atoms with E-state index < -0.39 is 21.8 Å². The number of anilines is 2. The van der Waals surface area contributed by atoms with Gasteiger partial charge in [-0.05, 0) is 42.5 Å². The molecule has 0 aliphatic carbocycles. The van der Waals surface area contributed by atoms with Gasteiger partial charge >= 0.3 is 0 Å². The number of aryl methyl sites for hydroxylation is 1. The molecule has 0 fully saturated rings. The summed E-state index contributed by atoms with van der Waals surface area (Å²) in [6, 6.07) is 13.8. The Morgan fingerprint density at radius 2 is 1.72 bits per heavy atom. The third-order valence-corrected chi connectivity index (χ3v) is 5.65. The van der Waals surface area contributed by atoms with Gasteiger partial charge in [-0.25, -0.2) is 8.42 Å². The first kappa shape index (κ1) is 20.4. The van der Waals surface area contributed by atoms with E-state index in [1.165, 1.54) is 36.0 Å². The fraction of sp³-hybridized carbons (Fsp3) is 0.0526. The second-order valence-corrected chi connectivity index (χ2v) is 8.27. The maximum absolute atomic E-state index is 12.7. The van der Waals surface area contributed by atoms with Crippen molar-refractivity contribution in [1.82, 2.24) is 4.57 Å². The number of carbonyl (C=O) groups excluding carboxylic acids is 2. The van der Waals surface area contributed by atoms with Gasteiger partial charge in [-0.15, -0.1) is 0 Å². The summed E-state index contributed by atoms with van der Waals surface area (Å²) in [6.45, 7) is 0. The number of rotatable bonds is 6. The second-order valence-electron chi connectivity index (χ2n) is 6.15. The highest BCUT2D eigenvalue weighted by Crippen LogP contribution is 2.23. The molecule has 29 heavy (non-hydrogen) atoms. The first-order chi connectivity index (χ1) is 13.7. The molecule has 0 saturated carbocycles. The molecule has 150 valence electrons. The highest BCUT2D eigenvalue weighted by atomic mass is 35.5. The number of sulfonamides is 1. The third-order valence-electron chi connectivity index (χ3n) is 4.06. The van der Waals surface area contributed by atoms with E-state index in [0.29, 0.717) is 10.7 Å². The SMILES string of the molecule is Cn1cc(S(=O)(=O)Nc2ccccc2C(=O)Nc2ccc(Cl)cc2)cc1C(N)=O. The number of carbonyl (C=O) groups is 2. The van der Waals surface area contributed by atoms with Crippen molar-refractivity contribution in [3.8, 4) is 0 Å². The Bertz CT molecular complexity index is 1190. The molecule has 0 atom stereocenters. The number of nitrogens with two attached hydrogens (primary N) is 1. The second kappa shape index (κ2) is 7.98. The monoisotopic (exact) mass is 432 g/mol. The summed E-state index contributed by atoms with van der Waals surface area (Å²) in [5.41, 5.74) is 5.99.